The maximum absolute atomic E-state index is 12.5. The van der Waals surface area contributed by atoms with Crippen LogP contribution in [0.5, 0.6) is 0 Å². The average Bonchev–Trinajstić information content (AvgIpc) is 2.61. The molecule has 1 heterocycles. The normalized spacial score (nSPS) is 15.7. The van der Waals surface area contributed by atoms with Gasteiger partial charge in [-0.15, -0.1) is 0 Å². The number of carboxylic acids is 2. The summed E-state index contributed by atoms with van der Waals surface area (Å²) >= 11 is 0. The third-order valence-electron chi connectivity index (χ3n) is 3.66. The molecular weight excluding hydrogens is 430 g/mol. The number of rotatable bonds is 4. The van der Waals surface area contributed by atoms with Crippen LogP contribution in [0, 0.1) is 0 Å². The number of amides is 1. The van der Waals surface area contributed by atoms with E-state index < -0.39 is 32.0 Å². The summed E-state index contributed by atoms with van der Waals surface area (Å²) in [7, 11) is -6.98. The van der Waals surface area contributed by atoms with Gasteiger partial charge in [-0.25, -0.2) is 26.4 Å². The molecule has 1 saturated heterocycles. The number of benzene rings is 1. The lowest BCUT2D eigenvalue weighted by molar-refractivity contribution is -0.159. The number of nitrogens with zero attached hydrogens (tertiary/aromatic N) is 2. The summed E-state index contributed by atoms with van der Waals surface area (Å²) in [5, 5.41) is 17.3. The highest BCUT2D eigenvalue weighted by atomic mass is 32.2. The van der Waals surface area contributed by atoms with E-state index in [1.807, 2.05) is 0 Å². The quantitative estimate of drug-likeness (QED) is 0.487. The van der Waals surface area contributed by atoms with Crippen LogP contribution in [0.3, 0.4) is 0 Å². The second kappa shape index (κ2) is 9.78. The number of anilines is 1. The summed E-state index contributed by atoms with van der Waals surface area (Å²) in [6.45, 7) is 1.88. The summed E-state index contributed by atoms with van der Waals surface area (Å²) in [6.07, 6.45) is 1.11. The van der Waals surface area contributed by atoms with Gasteiger partial charge in [0, 0.05) is 38.8 Å². The Morgan fingerprint density at radius 3 is 1.62 bits per heavy atom. The van der Waals surface area contributed by atoms with Crippen molar-refractivity contribution in [1.82, 2.24) is 8.61 Å². The van der Waals surface area contributed by atoms with E-state index in [-0.39, 0.29) is 37.0 Å². The van der Waals surface area contributed by atoms with Crippen LogP contribution in [-0.2, 0) is 34.4 Å². The van der Waals surface area contributed by atoms with Gasteiger partial charge in [0.2, 0.25) is 26.0 Å². The first kappa shape index (κ1) is 24.5. The predicted octanol–water partition coefficient (Wildman–Crippen LogP) is -0.933. The van der Waals surface area contributed by atoms with Crippen molar-refractivity contribution in [1.29, 1.82) is 0 Å². The van der Waals surface area contributed by atoms with Crippen molar-refractivity contribution in [2.24, 2.45) is 0 Å². The molecule has 1 aromatic rings. The summed E-state index contributed by atoms with van der Waals surface area (Å²) < 4.78 is 50.5. The summed E-state index contributed by atoms with van der Waals surface area (Å²) in [5.74, 6) is -3.89. The van der Waals surface area contributed by atoms with Crippen LogP contribution in [0.1, 0.15) is 6.92 Å². The molecule has 0 aromatic heterocycles. The molecule has 0 spiro atoms. The average molecular weight is 451 g/mol. The molecular formula is C15H21N3O9S2. The van der Waals surface area contributed by atoms with E-state index in [2.05, 4.69) is 5.32 Å². The third-order valence-corrected chi connectivity index (χ3v) is 6.88. The van der Waals surface area contributed by atoms with Gasteiger partial charge >= 0.3 is 11.9 Å². The van der Waals surface area contributed by atoms with Crippen LogP contribution in [-0.4, -0.2) is 85.9 Å². The lowest BCUT2D eigenvalue weighted by atomic mass is 10.3. The van der Waals surface area contributed by atoms with Gasteiger partial charge in [0.05, 0.1) is 11.2 Å². The molecule has 1 aromatic carbocycles. The lowest BCUT2D eigenvalue weighted by Crippen LogP contribution is -2.50. The van der Waals surface area contributed by atoms with Gasteiger partial charge in [-0.05, 0) is 24.3 Å². The Balaban J connectivity index is 0.000000612. The van der Waals surface area contributed by atoms with E-state index in [0.717, 1.165) is 6.26 Å². The van der Waals surface area contributed by atoms with Crippen molar-refractivity contribution in [2.75, 3.05) is 37.8 Å². The number of sulfonamides is 2. The number of hydrogen-bond donors (Lipinski definition) is 3. The largest absolute Gasteiger partial charge is 0.473 e. The van der Waals surface area contributed by atoms with E-state index in [0.29, 0.717) is 5.69 Å². The van der Waals surface area contributed by atoms with Gasteiger partial charge in [-0.1, -0.05) is 0 Å². The second-order valence-corrected chi connectivity index (χ2v) is 9.80. The van der Waals surface area contributed by atoms with Crippen molar-refractivity contribution in [2.45, 2.75) is 11.8 Å². The Kier molecular flexibility index (Phi) is 8.25. The molecule has 14 heteroatoms. The molecule has 0 radical (unpaired) electrons. The summed E-state index contributed by atoms with van der Waals surface area (Å²) in [4.78, 5) is 29.3. The van der Waals surface area contributed by atoms with Crippen molar-refractivity contribution in [3.05, 3.63) is 24.3 Å². The fourth-order valence-corrected chi connectivity index (χ4v) is 4.55. The minimum Gasteiger partial charge on any atom is -0.473 e. The van der Waals surface area contributed by atoms with E-state index in [1.165, 1.54) is 39.8 Å². The zero-order valence-corrected chi connectivity index (χ0v) is 17.2. The smallest absolute Gasteiger partial charge is 0.414 e. The molecule has 29 heavy (non-hydrogen) atoms. The van der Waals surface area contributed by atoms with Crippen LogP contribution >= 0.6 is 0 Å². The van der Waals surface area contributed by atoms with Crippen molar-refractivity contribution < 1.29 is 41.4 Å². The maximum Gasteiger partial charge on any atom is 0.414 e. The Morgan fingerprint density at radius 2 is 1.28 bits per heavy atom. The molecule has 162 valence electrons. The van der Waals surface area contributed by atoms with Crippen LogP contribution in [0.25, 0.3) is 0 Å². The zero-order valence-electron chi connectivity index (χ0n) is 15.6. The van der Waals surface area contributed by atoms with Gasteiger partial charge in [0.25, 0.3) is 0 Å². The number of nitrogens with one attached hydrogen (secondary N) is 1. The molecule has 12 nitrogen and oxygen atoms in total. The molecule has 1 amide bonds. The molecule has 0 saturated carbocycles. The minimum atomic E-state index is -3.68. The highest BCUT2D eigenvalue weighted by Crippen LogP contribution is 2.20. The van der Waals surface area contributed by atoms with Gasteiger partial charge in [0.1, 0.15) is 0 Å². The number of aliphatic carboxylic acids is 2. The highest BCUT2D eigenvalue weighted by Gasteiger charge is 2.31. The fraction of sp³-hybridized carbons (Fsp3) is 0.400. The summed E-state index contributed by atoms with van der Waals surface area (Å²) in [6, 6.07) is 5.87. The van der Waals surface area contributed by atoms with E-state index in [4.69, 9.17) is 19.8 Å². The van der Waals surface area contributed by atoms with E-state index in [1.54, 1.807) is 0 Å². The first-order valence-corrected chi connectivity index (χ1v) is 11.3. The van der Waals surface area contributed by atoms with Crippen molar-refractivity contribution in [3.8, 4) is 0 Å². The summed E-state index contributed by atoms with van der Waals surface area (Å²) in [5.41, 5.74) is 0.512. The van der Waals surface area contributed by atoms with Crippen molar-refractivity contribution >= 4 is 43.6 Å². The predicted molar refractivity (Wildman–Crippen MR) is 101 cm³/mol. The SMILES string of the molecule is CC(=O)Nc1ccc(S(=O)(=O)N2CCN(S(C)(=O)=O)CC2)cc1.O=C(O)C(=O)O. The molecule has 3 N–H and O–H groups in total. The first-order chi connectivity index (χ1) is 13.2. The molecule has 2 rings (SSSR count). The van der Waals surface area contributed by atoms with Crippen molar-refractivity contribution in [3.63, 3.8) is 0 Å². The van der Waals surface area contributed by atoms with Crippen LogP contribution < -0.4 is 5.32 Å². The number of piperazine rings is 1. The molecule has 1 aliphatic heterocycles. The number of carboxylic acid groups (broad SMARTS) is 2. The number of hydrogen-bond acceptors (Lipinski definition) is 7. The Morgan fingerprint density at radius 1 is 0.862 bits per heavy atom. The van der Waals surface area contributed by atoms with Crippen LogP contribution in [0.15, 0.2) is 29.2 Å². The van der Waals surface area contributed by atoms with Crippen LogP contribution in [0.4, 0.5) is 5.69 Å². The minimum absolute atomic E-state index is 0.111. The molecule has 0 aliphatic carbocycles. The van der Waals surface area contributed by atoms with E-state index in [9.17, 15) is 21.6 Å². The number of carbonyl (C=O) groups is 3. The molecule has 1 fully saturated rings. The topological polar surface area (TPSA) is 178 Å². The zero-order chi connectivity index (χ0) is 22.4. The van der Waals surface area contributed by atoms with Gasteiger partial charge < -0.3 is 15.5 Å². The molecule has 0 atom stereocenters. The molecule has 1 aliphatic rings. The monoisotopic (exact) mass is 451 g/mol. The Hall–Kier alpha value is -2.55. The Labute approximate surface area is 167 Å². The standard InChI is InChI=1S/C13H19N3O5S2.C2H2O4/c1-11(17)14-12-3-5-13(6-4-12)23(20,21)16-9-7-15(8-10-16)22(2,18)19;3-1(4)2(5)6/h3-6H,7-10H2,1-2H3,(H,14,17);(H,3,4)(H,5,6). The third kappa shape index (κ3) is 7.41. The molecule has 0 bridgehead atoms. The molecule has 0 unspecified atom stereocenters. The van der Waals surface area contributed by atoms with E-state index >= 15 is 0 Å². The first-order valence-electron chi connectivity index (χ1n) is 8.04. The van der Waals surface area contributed by atoms with Gasteiger partial charge in [0.15, 0.2) is 0 Å². The highest BCUT2D eigenvalue weighted by molar-refractivity contribution is 7.89. The second-order valence-electron chi connectivity index (χ2n) is 5.88. The Bertz CT molecular complexity index is 953. The van der Waals surface area contributed by atoms with Crippen LogP contribution in [0.2, 0.25) is 0 Å². The van der Waals surface area contributed by atoms with Gasteiger partial charge in [-0.2, -0.15) is 8.61 Å². The lowest BCUT2D eigenvalue weighted by Gasteiger charge is -2.32. The maximum atomic E-state index is 12.5. The van der Waals surface area contributed by atoms with Gasteiger partial charge in [-0.3, -0.25) is 4.79 Å². The number of carbonyl (C=O) groups excluding carboxylic acids is 1. The fourth-order valence-electron chi connectivity index (χ4n) is 2.30.